The zero-order valence-corrected chi connectivity index (χ0v) is 31.1. The smallest absolute Gasteiger partial charge is 0.340 e. The molecule has 0 bridgehead atoms. The molecule has 0 radical (unpaired) electrons. The largest absolute Gasteiger partial charge is 0.461 e. The zero-order valence-electron chi connectivity index (χ0n) is 30.4. The summed E-state index contributed by atoms with van der Waals surface area (Å²) in [5.74, 6) is -0.426. The number of aliphatic hydroxyl groups is 1. The molecule has 1 N–H and O–H groups in total. The molecule has 3 aromatic rings. The highest BCUT2D eigenvalue weighted by Crippen LogP contribution is 2.46. The number of aryl methyl sites for hydroxylation is 2. The van der Waals surface area contributed by atoms with Crippen LogP contribution >= 0.6 is 11.6 Å². The summed E-state index contributed by atoms with van der Waals surface area (Å²) in [5, 5.41) is 11.6. The second-order valence-corrected chi connectivity index (χ2v) is 16.1. The van der Waals surface area contributed by atoms with E-state index in [0.717, 1.165) is 79.4 Å². The molecule has 0 spiro atoms. The Balaban J connectivity index is 1.62. The SMILES string of the molecule is Cc1cccc(Cl)c1CN1CCc2cc(-c3c(CO)nc(C)c([C@H](OC(C)(C)C)C(=O)OC(C)C)c3N3CCC(C)(C)CC3)ccc2C1. The van der Waals surface area contributed by atoms with Gasteiger partial charge in [0.25, 0.3) is 0 Å². The van der Waals surface area contributed by atoms with Gasteiger partial charge in [-0.2, -0.15) is 0 Å². The molecule has 260 valence electrons. The second kappa shape index (κ2) is 14.5. The molecule has 8 heteroatoms. The Labute approximate surface area is 292 Å². The molecule has 1 atom stereocenters. The molecule has 2 aliphatic heterocycles. The minimum Gasteiger partial charge on any atom is -0.461 e. The molecular formula is C40H54ClN3O4. The molecule has 2 aromatic carbocycles. The predicted molar refractivity (Wildman–Crippen MR) is 194 cm³/mol. The van der Waals surface area contributed by atoms with Gasteiger partial charge < -0.3 is 19.5 Å². The maximum Gasteiger partial charge on any atom is 0.340 e. The minimum atomic E-state index is -0.976. The van der Waals surface area contributed by atoms with Crippen molar-refractivity contribution in [2.24, 2.45) is 5.41 Å². The summed E-state index contributed by atoms with van der Waals surface area (Å²) < 4.78 is 12.4. The third-order valence-corrected chi connectivity index (χ3v) is 10.0. The number of carbonyl (C=O) groups excluding carboxylic acids is 1. The van der Waals surface area contributed by atoms with Crippen LogP contribution in [-0.4, -0.2) is 52.3 Å². The Kier molecular flexibility index (Phi) is 11.0. The number of benzene rings is 2. The average Bonchev–Trinajstić information content (AvgIpc) is 3.00. The van der Waals surface area contributed by atoms with Crippen molar-refractivity contribution < 1.29 is 19.4 Å². The third-order valence-electron chi connectivity index (χ3n) is 9.68. The van der Waals surface area contributed by atoms with E-state index in [2.05, 4.69) is 54.8 Å². The van der Waals surface area contributed by atoms with Crippen LogP contribution in [0.5, 0.6) is 0 Å². The van der Waals surface area contributed by atoms with Gasteiger partial charge in [0.05, 0.1) is 29.7 Å². The highest BCUT2D eigenvalue weighted by atomic mass is 35.5. The molecule has 0 amide bonds. The van der Waals surface area contributed by atoms with Gasteiger partial charge in [0.2, 0.25) is 0 Å². The number of pyridine rings is 1. The van der Waals surface area contributed by atoms with Gasteiger partial charge in [-0.1, -0.05) is 55.8 Å². The van der Waals surface area contributed by atoms with Crippen LogP contribution in [0.4, 0.5) is 5.69 Å². The van der Waals surface area contributed by atoms with Gasteiger partial charge in [-0.15, -0.1) is 0 Å². The van der Waals surface area contributed by atoms with Crippen molar-refractivity contribution in [1.82, 2.24) is 9.88 Å². The molecule has 7 nitrogen and oxygen atoms in total. The first-order valence-electron chi connectivity index (χ1n) is 17.4. The fraction of sp³-hybridized carbons (Fsp3) is 0.550. The molecule has 48 heavy (non-hydrogen) atoms. The number of rotatable bonds is 9. The normalized spacial score (nSPS) is 17.4. The van der Waals surface area contributed by atoms with Crippen molar-refractivity contribution >= 4 is 23.3 Å². The number of fused-ring (bicyclic) bond motifs is 1. The van der Waals surface area contributed by atoms with Crippen LogP contribution in [0.25, 0.3) is 11.1 Å². The summed E-state index contributed by atoms with van der Waals surface area (Å²) >= 11 is 6.59. The number of hydrogen-bond donors (Lipinski definition) is 1. The zero-order chi connectivity index (χ0) is 35.0. The second-order valence-electron chi connectivity index (χ2n) is 15.7. The van der Waals surface area contributed by atoms with E-state index in [1.54, 1.807) is 0 Å². The summed E-state index contributed by atoms with van der Waals surface area (Å²) in [6.45, 7) is 22.2. The first kappa shape index (κ1) is 36.3. The fourth-order valence-electron chi connectivity index (χ4n) is 7.02. The van der Waals surface area contributed by atoms with E-state index in [1.165, 1.54) is 22.3 Å². The number of ether oxygens (including phenoxy) is 2. The van der Waals surface area contributed by atoms with E-state index < -0.39 is 17.7 Å². The molecule has 1 saturated heterocycles. The number of halogens is 1. The molecule has 5 rings (SSSR count). The lowest BCUT2D eigenvalue weighted by Gasteiger charge is -2.41. The highest BCUT2D eigenvalue weighted by Gasteiger charge is 2.38. The van der Waals surface area contributed by atoms with E-state index in [-0.39, 0.29) is 18.1 Å². The summed E-state index contributed by atoms with van der Waals surface area (Å²) in [5.41, 5.74) is 9.35. The minimum absolute atomic E-state index is 0.216. The van der Waals surface area contributed by atoms with Gasteiger partial charge in [-0.3, -0.25) is 9.88 Å². The summed E-state index contributed by atoms with van der Waals surface area (Å²) in [4.78, 5) is 23.7. The van der Waals surface area contributed by atoms with E-state index in [0.29, 0.717) is 11.4 Å². The Morgan fingerprint density at radius 1 is 1.06 bits per heavy atom. The third kappa shape index (κ3) is 8.24. The topological polar surface area (TPSA) is 75.1 Å². The highest BCUT2D eigenvalue weighted by molar-refractivity contribution is 6.31. The number of carbonyl (C=O) groups is 1. The van der Waals surface area contributed by atoms with Crippen LogP contribution in [0, 0.1) is 19.3 Å². The van der Waals surface area contributed by atoms with Crippen LogP contribution in [0.15, 0.2) is 36.4 Å². The van der Waals surface area contributed by atoms with Gasteiger partial charge in [-0.25, -0.2) is 4.79 Å². The van der Waals surface area contributed by atoms with Crippen LogP contribution < -0.4 is 4.90 Å². The number of aliphatic hydroxyl groups excluding tert-OH is 1. The molecule has 0 saturated carbocycles. The lowest BCUT2D eigenvalue weighted by molar-refractivity contribution is -0.171. The standard InChI is InChI=1S/C40H54ClN3O4/c1-25(2)47-38(46)37(48-39(5,6)7)34-27(4)42-33(24-45)35(36(34)44-19-16-40(8,9)17-20-44)29-13-14-30-22-43(18-15-28(30)21-29)23-31-26(3)11-10-12-32(31)41/h10-14,21,25,37,45H,15-20,22-24H2,1-9H3/t37-/m0/s1. The van der Waals surface area contributed by atoms with Crippen molar-refractivity contribution in [3.63, 3.8) is 0 Å². The number of esters is 1. The van der Waals surface area contributed by atoms with Crippen molar-refractivity contribution in [2.75, 3.05) is 24.5 Å². The van der Waals surface area contributed by atoms with Gasteiger partial charge in [0, 0.05) is 54.6 Å². The summed E-state index contributed by atoms with van der Waals surface area (Å²) in [6, 6.07) is 12.7. The van der Waals surface area contributed by atoms with Crippen LogP contribution in [0.3, 0.4) is 0 Å². The van der Waals surface area contributed by atoms with Crippen molar-refractivity contribution in [2.45, 2.75) is 119 Å². The van der Waals surface area contributed by atoms with E-state index in [4.69, 9.17) is 26.1 Å². The van der Waals surface area contributed by atoms with Gasteiger partial charge >= 0.3 is 5.97 Å². The lowest BCUT2D eigenvalue weighted by atomic mass is 9.81. The Bertz CT molecular complexity index is 1610. The summed E-state index contributed by atoms with van der Waals surface area (Å²) in [7, 11) is 0. The monoisotopic (exact) mass is 675 g/mol. The number of nitrogens with zero attached hydrogens (tertiary/aromatic N) is 3. The van der Waals surface area contributed by atoms with Crippen LogP contribution in [0.1, 0.15) is 107 Å². The average molecular weight is 676 g/mol. The molecule has 3 heterocycles. The van der Waals surface area contributed by atoms with Crippen molar-refractivity contribution in [3.8, 4) is 11.1 Å². The molecular weight excluding hydrogens is 622 g/mol. The molecule has 0 unspecified atom stereocenters. The summed E-state index contributed by atoms with van der Waals surface area (Å²) in [6.07, 6.45) is 1.64. The van der Waals surface area contributed by atoms with Gasteiger partial charge in [0.15, 0.2) is 6.10 Å². The molecule has 1 fully saturated rings. The number of piperidine rings is 1. The first-order chi connectivity index (χ1) is 22.6. The van der Waals surface area contributed by atoms with Crippen LogP contribution in [0.2, 0.25) is 5.02 Å². The molecule has 0 aliphatic carbocycles. The first-order valence-corrected chi connectivity index (χ1v) is 17.8. The predicted octanol–water partition coefficient (Wildman–Crippen LogP) is 8.50. The quantitative estimate of drug-likeness (QED) is 0.228. The Morgan fingerprint density at radius 2 is 1.77 bits per heavy atom. The Morgan fingerprint density at radius 3 is 2.40 bits per heavy atom. The maximum atomic E-state index is 13.9. The number of aromatic nitrogens is 1. The molecule has 2 aliphatic rings. The van der Waals surface area contributed by atoms with Gasteiger partial charge in [0.1, 0.15) is 0 Å². The van der Waals surface area contributed by atoms with Crippen molar-refractivity contribution in [3.05, 3.63) is 80.6 Å². The van der Waals surface area contributed by atoms with Crippen molar-refractivity contribution in [1.29, 1.82) is 0 Å². The number of anilines is 1. The lowest BCUT2D eigenvalue weighted by Crippen LogP contribution is -2.39. The fourth-order valence-corrected chi connectivity index (χ4v) is 7.30. The van der Waals surface area contributed by atoms with E-state index >= 15 is 0 Å². The maximum absolute atomic E-state index is 13.9. The number of hydrogen-bond acceptors (Lipinski definition) is 7. The molecule has 1 aromatic heterocycles. The van der Waals surface area contributed by atoms with E-state index in [9.17, 15) is 9.90 Å². The van der Waals surface area contributed by atoms with Gasteiger partial charge in [-0.05, 0) is 107 Å². The van der Waals surface area contributed by atoms with E-state index in [1.807, 2.05) is 53.7 Å². The Hall–Kier alpha value is -2.97. The van der Waals surface area contributed by atoms with Crippen LogP contribution in [-0.2, 0) is 40.4 Å².